The Morgan fingerprint density at radius 3 is 2.73 bits per heavy atom. The summed E-state index contributed by atoms with van der Waals surface area (Å²) in [6.45, 7) is 3.90. The number of hydrogen-bond donors (Lipinski definition) is 1. The summed E-state index contributed by atoms with van der Waals surface area (Å²) in [6, 6.07) is 6.75. The van der Waals surface area contributed by atoms with Crippen molar-refractivity contribution in [2.75, 3.05) is 14.2 Å². The molecule has 0 unspecified atom stereocenters. The first-order valence-electron chi connectivity index (χ1n) is 8.20. The molecule has 2 heterocycles. The second-order valence-electron chi connectivity index (χ2n) is 6.22. The molecular weight excluding hydrogens is 334 g/mol. The van der Waals surface area contributed by atoms with Crippen LogP contribution < -0.4 is 4.74 Å². The molecule has 3 rings (SSSR count). The molecule has 136 valence electrons. The highest BCUT2D eigenvalue weighted by molar-refractivity contribution is 5.87. The highest BCUT2D eigenvalue weighted by atomic mass is 16.5. The number of pyridine rings is 1. The minimum absolute atomic E-state index is 0.424. The van der Waals surface area contributed by atoms with Crippen LogP contribution in [0, 0.1) is 13.8 Å². The first-order valence-corrected chi connectivity index (χ1v) is 8.20. The molecule has 0 spiro atoms. The number of benzene rings is 1. The molecule has 0 fully saturated rings. The third kappa shape index (κ3) is 3.13. The molecule has 0 saturated heterocycles. The van der Waals surface area contributed by atoms with Crippen molar-refractivity contribution in [3.05, 3.63) is 53.0 Å². The summed E-state index contributed by atoms with van der Waals surface area (Å²) in [5.41, 5.74) is 2.90. The van der Waals surface area contributed by atoms with Crippen LogP contribution in [0.4, 0.5) is 0 Å². The Hall–Kier alpha value is -2.93. The van der Waals surface area contributed by atoms with Crippen molar-refractivity contribution in [3.63, 3.8) is 0 Å². The van der Waals surface area contributed by atoms with Gasteiger partial charge in [0.2, 0.25) is 0 Å². The zero-order chi connectivity index (χ0) is 18.8. The first kappa shape index (κ1) is 17.9. The molecule has 7 nitrogen and oxygen atoms in total. The fourth-order valence-electron chi connectivity index (χ4n) is 3.28. The standard InChI is InChI=1S/C19H21N3O4/c1-11-16(12(2)26-21-11)18(19(23)24)22(3)10-13-7-8-15(25-4)17-14(13)6-5-9-20-17/h5-9,18H,10H2,1-4H3,(H,23,24)/t18-/m0/s1. The van der Waals surface area contributed by atoms with Gasteiger partial charge in [-0.25, -0.2) is 0 Å². The number of carboxylic acid groups (broad SMARTS) is 1. The number of carboxylic acids is 1. The quantitative estimate of drug-likeness (QED) is 0.727. The summed E-state index contributed by atoms with van der Waals surface area (Å²) in [6.07, 6.45) is 1.71. The summed E-state index contributed by atoms with van der Waals surface area (Å²) in [4.78, 5) is 18.1. The lowest BCUT2D eigenvalue weighted by atomic mass is 10.0. The fourth-order valence-corrected chi connectivity index (χ4v) is 3.28. The van der Waals surface area contributed by atoms with E-state index in [2.05, 4.69) is 10.1 Å². The van der Waals surface area contributed by atoms with Crippen LogP contribution in [-0.2, 0) is 11.3 Å². The van der Waals surface area contributed by atoms with E-state index in [0.717, 1.165) is 16.5 Å². The van der Waals surface area contributed by atoms with Crippen LogP contribution in [-0.4, -0.2) is 40.3 Å². The lowest BCUT2D eigenvalue weighted by Gasteiger charge is -2.25. The van der Waals surface area contributed by atoms with Gasteiger partial charge < -0.3 is 14.4 Å². The molecule has 3 aromatic rings. The van der Waals surface area contributed by atoms with Crippen molar-refractivity contribution in [1.82, 2.24) is 15.0 Å². The van der Waals surface area contributed by atoms with E-state index in [1.165, 1.54) is 0 Å². The molecule has 1 atom stereocenters. The Bertz CT molecular complexity index is 932. The molecule has 0 aliphatic rings. The summed E-state index contributed by atoms with van der Waals surface area (Å²) in [7, 11) is 3.38. The molecule has 26 heavy (non-hydrogen) atoms. The van der Waals surface area contributed by atoms with Crippen LogP contribution in [0.5, 0.6) is 5.75 Å². The number of methoxy groups -OCH3 is 1. The molecule has 0 aliphatic heterocycles. The van der Waals surface area contributed by atoms with Gasteiger partial charge in [-0.3, -0.25) is 14.7 Å². The number of rotatable bonds is 6. The monoisotopic (exact) mass is 355 g/mol. The summed E-state index contributed by atoms with van der Waals surface area (Å²) in [5.74, 6) is 0.258. The number of hydrogen-bond acceptors (Lipinski definition) is 6. The topological polar surface area (TPSA) is 88.7 Å². The zero-order valence-corrected chi connectivity index (χ0v) is 15.2. The van der Waals surface area contributed by atoms with Gasteiger partial charge in [-0.1, -0.05) is 17.3 Å². The fraction of sp³-hybridized carbons (Fsp3) is 0.316. The largest absolute Gasteiger partial charge is 0.494 e. The number of carbonyl (C=O) groups is 1. The van der Waals surface area contributed by atoms with Crippen LogP contribution in [0.15, 0.2) is 35.0 Å². The number of nitrogens with zero attached hydrogens (tertiary/aromatic N) is 3. The van der Waals surface area contributed by atoms with E-state index in [-0.39, 0.29) is 0 Å². The maximum absolute atomic E-state index is 12.0. The molecule has 1 aromatic carbocycles. The van der Waals surface area contributed by atoms with Gasteiger partial charge in [0.05, 0.1) is 12.8 Å². The Balaban J connectivity index is 2.00. The third-order valence-electron chi connectivity index (χ3n) is 4.50. The van der Waals surface area contributed by atoms with Crippen molar-refractivity contribution in [2.24, 2.45) is 0 Å². The van der Waals surface area contributed by atoms with Crippen LogP contribution in [0.3, 0.4) is 0 Å². The highest BCUT2D eigenvalue weighted by Crippen LogP contribution is 2.31. The van der Waals surface area contributed by atoms with E-state index in [0.29, 0.717) is 29.3 Å². The van der Waals surface area contributed by atoms with E-state index in [4.69, 9.17) is 9.26 Å². The normalized spacial score (nSPS) is 12.5. The van der Waals surface area contributed by atoms with Gasteiger partial charge in [0, 0.05) is 23.7 Å². The lowest BCUT2D eigenvalue weighted by Crippen LogP contribution is -2.31. The Morgan fingerprint density at radius 1 is 1.35 bits per heavy atom. The van der Waals surface area contributed by atoms with Crippen molar-refractivity contribution in [2.45, 2.75) is 26.4 Å². The smallest absolute Gasteiger partial charge is 0.325 e. The summed E-state index contributed by atoms with van der Waals surface area (Å²) in [5, 5.41) is 14.6. The average molecular weight is 355 g/mol. The predicted octanol–water partition coefficient (Wildman–Crippen LogP) is 3.11. The van der Waals surface area contributed by atoms with Gasteiger partial charge in [-0.15, -0.1) is 0 Å². The van der Waals surface area contributed by atoms with E-state index >= 15 is 0 Å². The van der Waals surface area contributed by atoms with Crippen molar-refractivity contribution in [3.8, 4) is 5.75 Å². The van der Waals surface area contributed by atoms with Gasteiger partial charge in [-0.2, -0.15) is 0 Å². The van der Waals surface area contributed by atoms with E-state index in [1.54, 1.807) is 39.1 Å². The third-order valence-corrected chi connectivity index (χ3v) is 4.50. The first-order chi connectivity index (χ1) is 12.4. The molecule has 0 radical (unpaired) electrons. The molecule has 0 bridgehead atoms. The zero-order valence-electron chi connectivity index (χ0n) is 15.2. The summed E-state index contributed by atoms with van der Waals surface area (Å²) >= 11 is 0. The Kier molecular flexibility index (Phi) is 4.90. The van der Waals surface area contributed by atoms with Gasteiger partial charge in [0.25, 0.3) is 0 Å². The van der Waals surface area contributed by atoms with E-state index in [9.17, 15) is 9.90 Å². The Morgan fingerprint density at radius 2 is 2.12 bits per heavy atom. The number of ether oxygens (including phenoxy) is 1. The molecule has 2 aromatic heterocycles. The second kappa shape index (κ2) is 7.13. The van der Waals surface area contributed by atoms with Gasteiger partial charge >= 0.3 is 5.97 Å². The van der Waals surface area contributed by atoms with Crippen molar-refractivity contribution < 1.29 is 19.2 Å². The summed E-state index contributed by atoms with van der Waals surface area (Å²) < 4.78 is 10.5. The molecule has 7 heteroatoms. The maximum atomic E-state index is 12.0. The molecular formula is C19H21N3O4. The lowest BCUT2D eigenvalue weighted by molar-refractivity contribution is -0.143. The Labute approximate surface area is 151 Å². The second-order valence-corrected chi connectivity index (χ2v) is 6.22. The predicted molar refractivity (Wildman–Crippen MR) is 96.1 cm³/mol. The van der Waals surface area contributed by atoms with E-state index in [1.807, 2.05) is 24.3 Å². The molecule has 0 aliphatic carbocycles. The number of likely N-dealkylation sites (N-methyl/N-ethyl adjacent to an activating group) is 1. The SMILES string of the molecule is COc1ccc(CN(C)[C@H](C(=O)O)c2c(C)noc2C)c2cccnc12. The van der Waals surface area contributed by atoms with Gasteiger partial charge in [0.1, 0.15) is 23.1 Å². The van der Waals surface area contributed by atoms with Crippen LogP contribution >= 0.6 is 0 Å². The number of aliphatic carboxylic acids is 1. The van der Waals surface area contributed by atoms with E-state index < -0.39 is 12.0 Å². The van der Waals surface area contributed by atoms with Gasteiger partial charge in [-0.05, 0) is 38.6 Å². The number of aryl methyl sites for hydroxylation is 2. The number of aromatic nitrogens is 2. The molecule has 0 amide bonds. The number of fused-ring (bicyclic) bond motifs is 1. The van der Waals surface area contributed by atoms with Crippen molar-refractivity contribution >= 4 is 16.9 Å². The van der Waals surface area contributed by atoms with Gasteiger partial charge in [0.15, 0.2) is 0 Å². The highest BCUT2D eigenvalue weighted by Gasteiger charge is 2.31. The van der Waals surface area contributed by atoms with Crippen LogP contribution in [0.2, 0.25) is 0 Å². The minimum atomic E-state index is -0.946. The minimum Gasteiger partial charge on any atom is -0.494 e. The average Bonchev–Trinajstić information content (AvgIpc) is 2.94. The molecule has 0 saturated carbocycles. The van der Waals surface area contributed by atoms with Crippen LogP contribution in [0.1, 0.15) is 28.6 Å². The maximum Gasteiger partial charge on any atom is 0.325 e. The van der Waals surface area contributed by atoms with Crippen molar-refractivity contribution in [1.29, 1.82) is 0 Å². The molecule has 1 N–H and O–H groups in total. The van der Waals surface area contributed by atoms with Crippen LogP contribution in [0.25, 0.3) is 10.9 Å².